The lowest BCUT2D eigenvalue weighted by Gasteiger charge is -2.07. The average molecular weight is 271 g/mol. The molecule has 2 aromatic rings. The number of ether oxygens (including phenoxy) is 1. The quantitative estimate of drug-likeness (QED) is 0.786. The monoisotopic (exact) mass is 271 g/mol. The van der Waals surface area contributed by atoms with Crippen molar-refractivity contribution in [3.63, 3.8) is 0 Å². The molecule has 0 aliphatic carbocycles. The van der Waals surface area contributed by atoms with E-state index in [9.17, 15) is 0 Å². The maximum atomic E-state index is 5.75. The zero-order chi connectivity index (χ0) is 14.2. The fourth-order valence-corrected chi connectivity index (χ4v) is 2.00. The van der Waals surface area contributed by atoms with Crippen molar-refractivity contribution >= 4 is 5.82 Å². The molecule has 1 aromatic carbocycles. The van der Waals surface area contributed by atoms with E-state index in [2.05, 4.69) is 41.2 Å². The van der Waals surface area contributed by atoms with Crippen molar-refractivity contribution in [3.8, 4) is 5.88 Å². The van der Waals surface area contributed by atoms with Crippen LogP contribution in [0.1, 0.15) is 31.2 Å². The second-order valence-electron chi connectivity index (χ2n) is 4.73. The molecule has 0 bridgehead atoms. The number of nitrogens with zero attached hydrogens (tertiary/aromatic N) is 2. The Labute approximate surface area is 120 Å². The summed E-state index contributed by atoms with van der Waals surface area (Å²) < 4.78 is 5.66. The minimum absolute atomic E-state index is 0.474. The van der Waals surface area contributed by atoms with Crippen LogP contribution in [0.3, 0.4) is 0 Å². The number of hydrogen-bond donors (Lipinski definition) is 1. The second kappa shape index (κ2) is 7.48. The van der Waals surface area contributed by atoms with E-state index in [-0.39, 0.29) is 0 Å². The van der Waals surface area contributed by atoms with Gasteiger partial charge in [0.15, 0.2) is 0 Å². The summed E-state index contributed by atoms with van der Waals surface area (Å²) in [6.45, 7) is 2.73. The summed E-state index contributed by atoms with van der Waals surface area (Å²) in [5, 5.41) is 0. The van der Waals surface area contributed by atoms with E-state index < -0.39 is 0 Å². The maximum absolute atomic E-state index is 5.75. The van der Waals surface area contributed by atoms with Crippen molar-refractivity contribution in [2.45, 2.75) is 32.6 Å². The predicted octanol–water partition coefficient (Wildman–Crippen LogP) is 3.02. The first-order valence-electron chi connectivity index (χ1n) is 7.08. The van der Waals surface area contributed by atoms with Crippen LogP contribution >= 0.6 is 0 Å². The Kier molecular flexibility index (Phi) is 5.35. The molecule has 1 aromatic heterocycles. The van der Waals surface area contributed by atoms with Crippen LogP contribution in [0.25, 0.3) is 0 Å². The zero-order valence-electron chi connectivity index (χ0n) is 11.9. The molecule has 20 heavy (non-hydrogen) atoms. The molecule has 0 radical (unpaired) electrons. The van der Waals surface area contributed by atoms with Crippen molar-refractivity contribution in [1.29, 1.82) is 0 Å². The van der Waals surface area contributed by atoms with Crippen LogP contribution in [0.5, 0.6) is 5.88 Å². The van der Waals surface area contributed by atoms with Crippen molar-refractivity contribution in [2.24, 2.45) is 0 Å². The molecule has 0 spiro atoms. The minimum atomic E-state index is 0.474. The molecule has 4 nitrogen and oxygen atoms in total. The highest BCUT2D eigenvalue weighted by Gasteiger charge is 2.03. The summed E-state index contributed by atoms with van der Waals surface area (Å²) in [7, 11) is 0. The standard InChI is InChI=1S/C16H21N3O/c1-2-7-15-18-14(17)12-16(19-15)20-11-6-10-13-8-4-3-5-9-13/h3-5,8-9,12H,2,6-7,10-11H2,1H3,(H2,17,18,19). The Balaban J connectivity index is 1.81. The fraction of sp³-hybridized carbons (Fsp3) is 0.375. The van der Waals surface area contributed by atoms with Crippen LogP contribution in [0.4, 0.5) is 5.82 Å². The minimum Gasteiger partial charge on any atom is -0.478 e. The molecule has 0 fully saturated rings. The summed E-state index contributed by atoms with van der Waals surface area (Å²) >= 11 is 0. The van der Waals surface area contributed by atoms with Crippen LogP contribution < -0.4 is 10.5 Å². The number of anilines is 1. The summed E-state index contributed by atoms with van der Waals surface area (Å²) in [5.74, 6) is 1.81. The highest BCUT2D eigenvalue weighted by Crippen LogP contribution is 2.12. The molecule has 0 unspecified atom stereocenters. The molecule has 2 N–H and O–H groups in total. The first kappa shape index (κ1) is 14.3. The number of hydrogen-bond acceptors (Lipinski definition) is 4. The lowest BCUT2D eigenvalue weighted by molar-refractivity contribution is 0.298. The Morgan fingerprint density at radius 3 is 2.65 bits per heavy atom. The highest BCUT2D eigenvalue weighted by molar-refractivity contribution is 5.32. The van der Waals surface area contributed by atoms with Gasteiger partial charge in [0.05, 0.1) is 6.61 Å². The van der Waals surface area contributed by atoms with Gasteiger partial charge in [-0.05, 0) is 24.8 Å². The molecule has 0 aliphatic rings. The van der Waals surface area contributed by atoms with E-state index in [1.54, 1.807) is 6.07 Å². The van der Waals surface area contributed by atoms with Gasteiger partial charge in [-0.15, -0.1) is 0 Å². The molecule has 0 amide bonds. The van der Waals surface area contributed by atoms with Gasteiger partial charge < -0.3 is 10.5 Å². The van der Waals surface area contributed by atoms with Gasteiger partial charge in [-0.25, -0.2) is 4.98 Å². The average Bonchev–Trinajstić information content (AvgIpc) is 2.45. The molecule has 0 atom stereocenters. The fourth-order valence-electron chi connectivity index (χ4n) is 2.00. The molecule has 0 aliphatic heterocycles. The van der Waals surface area contributed by atoms with E-state index >= 15 is 0 Å². The number of rotatable bonds is 7. The van der Waals surface area contributed by atoms with Crippen molar-refractivity contribution in [2.75, 3.05) is 12.3 Å². The lowest BCUT2D eigenvalue weighted by Crippen LogP contribution is -2.05. The highest BCUT2D eigenvalue weighted by atomic mass is 16.5. The number of aryl methyl sites for hydroxylation is 2. The number of aromatic nitrogens is 2. The van der Waals surface area contributed by atoms with Gasteiger partial charge in [0.1, 0.15) is 11.6 Å². The van der Waals surface area contributed by atoms with E-state index in [4.69, 9.17) is 10.5 Å². The normalized spacial score (nSPS) is 10.4. The van der Waals surface area contributed by atoms with Crippen LogP contribution in [0.2, 0.25) is 0 Å². The lowest BCUT2D eigenvalue weighted by atomic mass is 10.1. The first-order valence-corrected chi connectivity index (χ1v) is 7.08. The second-order valence-corrected chi connectivity index (χ2v) is 4.73. The third-order valence-electron chi connectivity index (χ3n) is 2.94. The SMILES string of the molecule is CCCc1nc(N)cc(OCCCc2ccccc2)n1. The molecule has 2 rings (SSSR count). The summed E-state index contributed by atoms with van der Waals surface area (Å²) in [6, 6.07) is 12.1. The Hall–Kier alpha value is -2.10. The van der Waals surface area contributed by atoms with Gasteiger partial charge >= 0.3 is 0 Å². The van der Waals surface area contributed by atoms with E-state index in [0.717, 1.165) is 31.5 Å². The molecule has 1 heterocycles. The Morgan fingerprint density at radius 1 is 1.10 bits per heavy atom. The summed E-state index contributed by atoms with van der Waals surface area (Å²) in [5.41, 5.74) is 7.08. The third-order valence-corrected chi connectivity index (χ3v) is 2.94. The van der Waals surface area contributed by atoms with E-state index in [1.165, 1.54) is 5.56 Å². The first-order chi connectivity index (χ1) is 9.78. The van der Waals surface area contributed by atoms with Crippen molar-refractivity contribution in [3.05, 3.63) is 47.8 Å². The van der Waals surface area contributed by atoms with E-state index in [1.807, 2.05) is 6.07 Å². The summed E-state index contributed by atoms with van der Waals surface area (Å²) in [6.07, 6.45) is 3.78. The number of nitrogen functional groups attached to an aromatic ring is 1. The van der Waals surface area contributed by atoms with Gasteiger partial charge in [-0.1, -0.05) is 37.3 Å². The molecular formula is C16H21N3O. The number of nitrogens with two attached hydrogens (primary N) is 1. The van der Waals surface area contributed by atoms with Crippen LogP contribution in [0, 0.1) is 0 Å². The number of benzene rings is 1. The molecule has 4 heteroatoms. The van der Waals surface area contributed by atoms with Crippen LogP contribution in [0.15, 0.2) is 36.4 Å². The third kappa shape index (κ3) is 4.53. The Bertz CT molecular complexity index is 529. The van der Waals surface area contributed by atoms with E-state index in [0.29, 0.717) is 18.3 Å². The van der Waals surface area contributed by atoms with Gasteiger partial charge in [0.2, 0.25) is 5.88 Å². The van der Waals surface area contributed by atoms with Crippen molar-refractivity contribution in [1.82, 2.24) is 9.97 Å². The Morgan fingerprint density at radius 2 is 1.90 bits per heavy atom. The molecule has 106 valence electrons. The van der Waals surface area contributed by atoms with Crippen molar-refractivity contribution < 1.29 is 4.74 Å². The topological polar surface area (TPSA) is 61.0 Å². The summed E-state index contributed by atoms with van der Waals surface area (Å²) in [4.78, 5) is 8.54. The maximum Gasteiger partial charge on any atom is 0.218 e. The molecule has 0 saturated carbocycles. The largest absolute Gasteiger partial charge is 0.478 e. The van der Waals surface area contributed by atoms with Crippen LogP contribution in [-0.4, -0.2) is 16.6 Å². The zero-order valence-corrected chi connectivity index (χ0v) is 11.9. The van der Waals surface area contributed by atoms with Gasteiger partial charge in [-0.3, -0.25) is 0 Å². The predicted molar refractivity (Wildman–Crippen MR) is 80.7 cm³/mol. The van der Waals surface area contributed by atoms with Gasteiger partial charge in [0.25, 0.3) is 0 Å². The van der Waals surface area contributed by atoms with Gasteiger partial charge in [-0.2, -0.15) is 4.98 Å². The molecular weight excluding hydrogens is 250 g/mol. The van der Waals surface area contributed by atoms with Gasteiger partial charge in [0, 0.05) is 12.5 Å². The van der Waals surface area contributed by atoms with Crippen LogP contribution in [-0.2, 0) is 12.8 Å². The molecule has 0 saturated heterocycles. The smallest absolute Gasteiger partial charge is 0.218 e.